The van der Waals surface area contributed by atoms with Crippen LogP contribution in [-0.4, -0.2) is 31.9 Å². The molecule has 1 aliphatic rings. The molecular formula is C15H18BrN5OS. The Hall–Kier alpha value is -1.41. The Balaban J connectivity index is 1.57. The standard InChI is InChI=1S/C15H18BrN5OS/c16-12-8-4-5-9-13(12)17-14(22)10-23-15-18-19-20-21(15)11-6-2-1-3-7-11/h4-5,8-9,11H,1-3,6-7,10H2,(H,17,22). The van der Waals surface area contributed by atoms with Gasteiger partial charge in [0.25, 0.3) is 0 Å². The number of nitrogens with zero attached hydrogens (tertiary/aromatic N) is 4. The van der Waals surface area contributed by atoms with Crippen LogP contribution in [0.1, 0.15) is 38.1 Å². The van der Waals surface area contributed by atoms with E-state index in [0.717, 1.165) is 28.2 Å². The fraction of sp³-hybridized carbons (Fsp3) is 0.467. The first-order chi connectivity index (χ1) is 11.2. The van der Waals surface area contributed by atoms with Crippen LogP contribution in [0.2, 0.25) is 0 Å². The number of halogens is 1. The van der Waals surface area contributed by atoms with Gasteiger partial charge in [0.15, 0.2) is 0 Å². The van der Waals surface area contributed by atoms with Gasteiger partial charge in [-0.2, -0.15) is 0 Å². The summed E-state index contributed by atoms with van der Waals surface area (Å²) in [6, 6.07) is 7.92. The van der Waals surface area contributed by atoms with Crippen molar-refractivity contribution in [2.75, 3.05) is 11.1 Å². The molecule has 0 radical (unpaired) electrons. The lowest BCUT2D eigenvalue weighted by molar-refractivity contribution is -0.113. The second kappa shape index (κ2) is 7.92. The summed E-state index contributed by atoms with van der Waals surface area (Å²) in [5.74, 6) is 0.217. The van der Waals surface area contributed by atoms with Gasteiger partial charge >= 0.3 is 0 Å². The summed E-state index contributed by atoms with van der Waals surface area (Å²) in [7, 11) is 0. The molecule has 1 heterocycles. The number of hydrogen-bond donors (Lipinski definition) is 1. The SMILES string of the molecule is O=C(CSc1nnnn1C1CCCCC1)Nc1ccccc1Br. The largest absolute Gasteiger partial charge is 0.324 e. The number of anilines is 1. The molecule has 1 saturated carbocycles. The van der Waals surface area contributed by atoms with Crippen molar-refractivity contribution in [3.8, 4) is 0 Å². The van der Waals surface area contributed by atoms with Crippen molar-refractivity contribution in [2.45, 2.75) is 43.3 Å². The van der Waals surface area contributed by atoms with Crippen molar-refractivity contribution in [1.29, 1.82) is 0 Å². The van der Waals surface area contributed by atoms with E-state index >= 15 is 0 Å². The Kier molecular flexibility index (Phi) is 5.66. The number of aromatic nitrogens is 4. The number of rotatable bonds is 5. The molecule has 0 bridgehead atoms. The van der Waals surface area contributed by atoms with Gasteiger partial charge < -0.3 is 5.32 Å². The zero-order valence-electron chi connectivity index (χ0n) is 12.6. The molecule has 0 aliphatic heterocycles. The molecule has 1 N–H and O–H groups in total. The average Bonchev–Trinajstić information content (AvgIpc) is 3.04. The highest BCUT2D eigenvalue weighted by Gasteiger charge is 2.20. The number of amides is 1. The lowest BCUT2D eigenvalue weighted by Gasteiger charge is -2.21. The number of nitrogens with one attached hydrogen (secondary N) is 1. The van der Waals surface area contributed by atoms with E-state index in [9.17, 15) is 4.79 Å². The predicted molar refractivity (Wildman–Crippen MR) is 93.4 cm³/mol. The first-order valence-corrected chi connectivity index (χ1v) is 9.47. The lowest BCUT2D eigenvalue weighted by Crippen LogP contribution is -2.17. The maximum atomic E-state index is 12.1. The van der Waals surface area contributed by atoms with Crippen LogP contribution in [0.4, 0.5) is 5.69 Å². The molecule has 2 aromatic rings. The molecule has 8 heteroatoms. The van der Waals surface area contributed by atoms with Gasteiger partial charge in [0, 0.05) is 4.47 Å². The molecule has 0 saturated heterocycles. The Morgan fingerprint density at radius 3 is 2.87 bits per heavy atom. The number of para-hydroxylation sites is 1. The van der Waals surface area contributed by atoms with Crippen molar-refractivity contribution < 1.29 is 4.79 Å². The van der Waals surface area contributed by atoms with E-state index in [1.54, 1.807) is 0 Å². The van der Waals surface area contributed by atoms with E-state index in [2.05, 4.69) is 36.8 Å². The van der Waals surface area contributed by atoms with Crippen LogP contribution in [0.25, 0.3) is 0 Å². The second-order valence-electron chi connectivity index (χ2n) is 5.51. The van der Waals surface area contributed by atoms with Crippen LogP contribution in [0, 0.1) is 0 Å². The van der Waals surface area contributed by atoms with Crippen LogP contribution in [-0.2, 0) is 4.79 Å². The molecular weight excluding hydrogens is 378 g/mol. The van der Waals surface area contributed by atoms with Gasteiger partial charge in [-0.15, -0.1) is 5.10 Å². The van der Waals surface area contributed by atoms with Crippen LogP contribution in [0.3, 0.4) is 0 Å². The van der Waals surface area contributed by atoms with E-state index < -0.39 is 0 Å². The maximum Gasteiger partial charge on any atom is 0.234 e. The number of hydrogen-bond acceptors (Lipinski definition) is 5. The Morgan fingerprint density at radius 2 is 2.09 bits per heavy atom. The number of benzene rings is 1. The van der Waals surface area contributed by atoms with Gasteiger partial charge in [-0.3, -0.25) is 4.79 Å². The molecule has 3 rings (SSSR count). The molecule has 1 aromatic carbocycles. The maximum absolute atomic E-state index is 12.1. The molecule has 1 fully saturated rings. The zero-order chi connectivity index (χ0) is 16.1. The van der Waals surface area contributed by atoms with E-state index in [1.807, 2.05) is 28.9 Å². The third-order valence-corrected chi connectivity index (χ3v) is 5.49. The van der Waals surface area contributed by atoms with E-state index in [4.69, 9.17) is 0 Å². The quantitative estimate of drug-likeness (QED) is 0.781. The molecule has 0 spiro atoms. The minimum Gasteiger partial charge on any atom is -0.324 e. The zero-order valence-corrected chi connectivity index (χ0v) is 15.0. The topological polar surface area (TPSA) is 72.7 Å². The van der Waals surface area contributed by atoms with Gasteiger partial charge in [-0.05, 0) is 51.3 Å². The number of carbonyl (C=O) groups excluding carboxylic acids is 1. The monoisotopic (exact) mass is 395 g/mol. The average molecular weight is 396 g/mol. The summed E-state index contributed by atoms with van der Waals surface area (Å²) < 4.78 is 2.75. The molecule has 1 aromatic heterocycles. The van der Waals surface area contributed by atoms with E-state index in [1.165, 1.54) is 31.0 Å². The van der Waals surface area contributed by atoms with E-state index in [-0.39, 0.29) is 11.7 Å². The normalized spacial score (nSPS) is 15.5. The first-order valence-electron chi connectivity index (χ1n) is 7.69. The number of carbonyl (C=O) groups is 1. The first kappa shape index (κ1) is 16.4. The smallest absolute Gasteiger partial charge is 0.234 e. The second-order valence-corrected chi connectivity index (χ2v) is 7.31. The van der Waals surface area contributed by atoms with Crippen molar-refractivity contribution in [1.82, 2.24) is 20.2 Å². The Labute approximate surface area is 147 Å². The molecule has 1 amide bonds. The summed E-state index contributed by atoms with van der Waals surface area (Å²) in [4.78, 5) is 12.1. The highest BCUT2D eigenvalue weighted by molar-refractivity contribution is 9.10. The third-order valence-electron chi connectivity index (χ3n) is 3.86. The summed E-state index contributed by atoms with van der Waals surface area (Å²) in [5, 5.41) is 15.6. The van der Waals surface area contributed by atoms with Crippen LogP contribution < -0.4 is 5.32 Å². The number of tetrazole rings is 1. The van der Waals surface area contributed by atoms with Crippen molar-refractivity contribution in [3.63, 3.8) is 0 Å². The molecule has 0 unspecified atom stereocenters. The number of thioether (sulfide) groups is 1. The highest BCUT2D eigenvalue weighted by Crippen LogP contribution is 2.30. The summed E-state index contributed by atoms with van der Waals surface area (Å²) in [6.45, 7) is 0. The minimum atomic E-state index is -0.0694. The molecule has 1 aliphatic carbocycles. The summed E-state index contributed by atoms with van der Waals surface area (Å²) >= 11 is 4.80. The van der Waals surface area contributed by atoms with Gasteiger partial charge in [0.05, 0.1) is 17.5 Å². The van der Waals surface area contributed by atoms with Gasteiger partial charge in [-0.1, -0.05) is 43.2 Å². The van der Waals surface area contributed by atoms with Gasteiger partial charge in [-0.25, -0.2) is 4.68 Å². The molecule has 0 atom stereocenters. The fourth-order valence-electron chi connectivity index (χ4n) is 2.71. The predicted octanol–water partition coefficient (Wildman–Crippen LogP) is 3.67. The van der Waals surface area contributed by atoms with Crippen molar-refractivity contribution in [2.24, 2.45) is 0 Å². The van der Waals surface area contributed by atoms with Crippen LogP contribution in [0.5, 0.6) is 0 Å². The minimum absolute atomic E-state index is 0.0694. The molecule has 122 valence electrons. The van der Waals surface area contributed by atoms with Gasteiger partial charge in [0.2, 0.25) is 11.1 Å². The Morgan fingerprint density at radius 1 is 1.30 bits per heavy atom. The van der Waals surface area contributed by atoms with Gasteiger partial charge in [0.1, 0.15) is 0 Å². The molecule has 6 nitrogen and oxygen atoms in total. The highest BCUT2D eigenvalue weighted by atomic mass is 79.9. The fourth-order valence-corrected chi connectivity index (χ4v) is 3.84. The van der Waals surface area contributed by atoms with Crippen LogP contribution in [0.15, 0.2) is 33.9 Å². The Bertz CT molecular complexity index is 671. The van der Waals surface area contributed by atoms with Crippen molar-refractivity contribution >= 4 is 39.3 Å². The molecule has 23 heavy (non-hydrogen) atoms. The summed E-state index contributed by atoms with van der Waals surface area (Å²) in [6.07, 6.45) is 5.95. The lowest BCUT2D eigenvalue weighted by atomic mass is 9.96. The van der Waals surface area contributed by atoms with Crippen LogP contribution >= 0.6 is 27.7 Å². The summed E-state index contributed by atoms with van der Waals surface area (Å²) in [5.41, 5.74) is 0.768. The van der Waals surface area contributed by atoms with Crippen molar-refractivity contribution in [3.05, 3.63) is 28.7 Å². The third kappa shape index (κ3) is 4.32. The van der Waals surface area contributed by atoms with E-state index in [0.29, 0.717) is 6.04 Å².